The van der Waals surface area contributed by atoms with Gasteiger partial charge < -0.3 is 9.88 Å². The van der Waals surface area contributed by atoms with Gasteiger partial charge in [-0.1, -0.05) is 37.1 Å². The van der Waals surface area contributed by atoms with E-state index in [4.69, 9.17) is 4.98 Å². The molecule has 2 aromatic carbocycles. The lowest BCUT2D eigenvalue weighted by molar-refractivity contribution is 0.0986. The second-order valence-electron chi connectivity index (χ2n) is 8.01. The smallest absolute Gasteiger partial charge is 0.259 e. The number of aromatic nitrogens is 3. The molecular formula is C26H29N5O. The molecule has 0 unspecified atom stereocenters. The topological polar surface area (TPSA) is 63.1 Å². The fraction of sp³-hybridized carbons (Fsp3) is 0.269. The standard InChI is InChI=1S/C26H29N5O/c1-4-5-16-31(24-8-6-7-15-27-24)26(32)20-11-14-23-22(17-20)29-25(30(23)3)18-28-21-12-9-19(2)10-13-21/h6-15,17,28H,4-5,16,18H2,1-3H3. The molecule has 6 nitrogen and oxygen atoms in total. The second-order valence-corrected chi connectivity index (χ2v) is 8.01. The van der Waals surface area contributed by atoms with Crippen molar-refractivity contribution in [2.75, 3.05) is 16.8 Å². The number of imidazole rings is 1. The van der Waals surface area contributed by atoms with E-state index in [1.165, 1.54) is 5.56 Å². The van der Waals surface area contributed by atoms with Gasteiger partial charge in [-0.15, -0.1) is 0 Å². The highest BCUT2D eigenvalue weighted by Gasteiger charge is 2.19. The minimum atomic E-state index is -0.0518. The van der Waals surface area contributed by atoms with Gasteiger partial charge in [-0.2, -0.15) is 0 Å². The average molecular weight is 428 g/mol. The summed E-state index contributed by atoms with van der Waals surface area (Å²) in [4.78, 5) is 24.3. The van der Waals surface area contributed by atoms with E-state index < -0.39 is 0 Å². The molecule has 0 fully saturated rings. The van der Waals surface area contributed by atoms with E-state index in [-0.39, 0.29) is 5.91 Å². The van der Waals surface area contributed by atoms with Gasteiger partial charge in [0.25, 0.3) is 5.91 Å². The molecule has 1 amide bonds. The number of carbonyl (C=O) groups is 1. The lowest BCUT2D eigenvalue weighted by Gasteiger charge is -2.21. The van der Waals surface area contributed by atoms with Gasteiger partial charge in [0.05, 0.1) is 17.6 Å². The summed E-state index contributed by atoms with van der Waals surface area (Å²) >= 11 is 0. The van der Waals surface area contributed by atoms with Crippen molar-refractivity contribution in [1.82, 2.24) is 14.5 Å². The van der Waals surface area contributed by atoms with E-state index in [9.17, 15) is 4.79 Å². The third-order valence-electron chi connectivity index (χ3n) is 5.63. The number of aryl methyl sites for hydroxylation is 2. The molecule has 0 bridgehead atoms. The summed E-state index contributed by atoms with van der Waals surface area (Å²) in [5.74, 6) is 1.54. The molecule has 164 valence electrons. The molecule has 0 spiro atoms. The summed E-state index contributed by atoms with van der Waals surface area (Å²) < 4.78 is 2.07. The van der Waals surface area contributed by atoms with Crippen LogP contribution in [0.2, 0.25) is 0 Å². The second kappa shape index (κ2) is 9.64. The Labute approximate surface area is 188 Å². The predicted molar refractivity (Wildman–Crippen MR) is 130 cm³/mol. The van der Waals surface area contributed by atoms with E-state index in [0.29, 0.717) is 24.5 Å². The zero-order chi connectivity index (χ0) is 22.5. The summed E-state index contributed by atoms with van der Waals surface area (Å²) in [6.07, 6.45) is 3.65. The number of fused-ring (bicyclic) bond motifs is 1. The van der Waals surface area contributed by atoms with E-state index in [1.54, 1.807) is 11.1 Å². The highest BCUT2D eigenvalue weighted by atomic mass is 16.2. The first-order chi connectivity index (χ1) is 15.6. The number of pyridine rings is 1. The first-order valence-electron chi connectivity index (χ1n) is 11.1. The fourth-order valence-electron chi connectivity index (χ4n) is 3.70. The summed E-state index contributed by atoms with van der Waals surface area (Å²) in [6, 6.07) is 19.7. The number of unbranched alkanes of at least 4 members (excludes halogenated alkanes) is 1. The van der Waals surface area contributed by atoms with Crippen molar-refractivity contribution in [3.8, 4) is 0 Å². The summed E-state index contributed by atoms with van der Waals surface area (Å²) in [6.45, 7) is 5.44. The van der Waals surface area contributed by atoms with Crippen molar-refractivity contribution >= 4 is 28.4 Å². The van der Waals surface area contributed by atoms with Crippen LogP contribution in [0.15, 0.2) is 66.9 Å². The normalized spacial score (nSPS) is 11.0. The molecule has 2 heterocycles. The molecule has 0 saturated carbocycles. The zero-order valence-electron chi connectivity index (χ0n) is 18.9. The molecule has 4 aromatic rings. The molecule has 0 atom stereocenters. The lowest BCUT2D eigenvalue weighted by atomic mass is 10.1. The van der Waals surface area contributed by atoms with Crippen LogP contribution in [0, 0.1) is 6.92 Å². The van der Waals surface area contributed by atoms with Crippen molar-refractivity contribution in [2.24, 2.45) is 7.05 Å². The van der Waals surface area contributed by atoms with Crippen LogP contribution in [0.3, 0.4) is 0 Å². The average Bonchev–Trinajstić information content (AvgIpc) is 3.14. The van der Waals surface area contributed by atoms with Crippen LogP contribution >= 0.6 is 0 Å². The molecule has 32 heavy (non-hydrogen) atoms. The Morgan fingerprint density at radius 1 is 1.09 bits per heavy atom. The molecule has 0 saturated heterocycles. The molecule has 6 heteroatoms. The number of nitrogens with one attached hydrogen (secondary N) is 1. The van der Waals surface area contributed by atoms with Crippen LogP contribution in [-0.4, -0.2) is 27.0 Å². The van der Waals surface area contributed by atoms with Crippen LogP contribution < -0.4 is 10.2 Å². The maximum absolute atomic E-state index is 13.4. The molecule has 0 aliphatic heterocycles. The van der Waals surface area contributed by atoms with E-state index in [1.807, 2.05) is 43.4 Å². The summed E-state index contributed by atoms with van der Waals surface area (Å²) in [5.41, 5.74) is 4.72. The van der Waals surface area contributed by atoms with Crippen molar-refractivity contribution in [3.63, 3.8) is 0 Å². The zero-order valence-corrected chi connectivity index (χ0v) is 18.9. The van der Waals surface area contributed by atoms with Gasteiger partial charge in [0.15, 0.2) is 0 Å². The van der Waals surface area contributed by atoms with Gasteiger partial charge in [0, 0.05) is 31.0 Å². The number of anilines is 2. The molecule has 0 aliphatic rings. The maximum atomic E-state index is 13.4. The number of rotatable bonds is 8. The van der Waals surface area contributed by atoms with Crippen LogP contribution in [0.5, 0.6) is 0 Å². The number of hydrogen-bond acceptors (Lipinski definition) is 4. The van der Waals surface area contributed by atoms with Crippen molar-refractivity contribution < 1.29 is 4.79 Å². The Hall–Kier alpha value is -3.67. The van der Waals surface area contributed by atoms with Gasteiger partial charge in [-0.3, -0.25) is 9.69 Å². The van der Waals surface area contributed by atoms with Gasteiger partial charge in [0.2, 0.25) is 0 Å². The Morgan fingerprint density at radius 3 is 2.62 bits per heavy atom. The number of nitrogens with zero attached hydrogens (tertiary/aromatic N) is 4. The van der Waals surface area contributed by atoms with Gasteiger partial charge in [-0.05, 0) is 55.8 Å². The Morgan fingerprint density at radius 2 is 1.91 bits per heavy atom. The molecular weight excluding hydrogens is 398 g/mol. The number of benzene rings is 2. The van der Waals surface area contributed by atoms with E-state index >= 15 is 0 Å². The van der Waals surface area contributed by atoms with Crippen LogP contribution in [-0.2, 0) is 13.6 Å². The number of carbonyl (C=O) groups excluding carboxylic acids is 1. The summed E-state index contributed by atoms with van der Waals surface area (Å²) in [7, 11) is 2.00. The highest BCUT2D eigenvalue weighted by molar-refractivity contribution is 6.07. The minimum absolute atomic E-state index is 0.0518. The number of amides is 1. The van der Waals surface area contributed by atoms with Crippen molar-refractivity contribution in [3.05, 3.63) is 83.8 Å². The lowest BCUT2D eigenvalue weighted by Crippen LogP contribution is -2.32. The monoisotopic (exact) mass is 427 g/mol. The molecule has 1 N–H and O–H groups in total. The predicted octanol–water partition coefficient (Wildman–Crippen LogP) is 5.34. The maximum Gasteiger partial charge on any atom is 0.259 e. The third-order valence-corrected chi connectivity index (χ3v) is 5.63. The Bertz CT molecular complexity index is 1200. The van der Waals surface area contributed by atoms with Crippen LogP contribution in [0.4, 0.5) is 11.5 Å². The number of hydrogen-bond donors (Lipinski definition) is 1. The van der Waals surface area contributed by atoms with E-state index in [2.05, 4.69) is 53.0 Å². The quantitative estimate of drug-likeness (QED) is 0.412. The van der Waals surface area contributed by atoms with Crippen molar-refractivity contribution in [2.45, 2.75) is 33.2 Å². The summed E-state index contributed by atoms with van der Waals surface area (Å²) in [5, 5.41) is 3.42. The van der Waals surface area contributed by atoms with Crippen molar-refractivity contribution in [1.29, 1.82) is 0 Å². The first kappa shape index (κ1) is 21.6. The largest absolute Gasteiger partial charge is 0.378 e. The molecule has 2 aromatic heterocycles. The highest BCUT2D eigenvalue weighted by Crippen LogP contribution is 2.21. The SMILES string of the molecule is CCCCN(C(=O)c1ccc2c(c1)nc(CNc1ccc(C)cc1)n2C)c1ccccn1. The van der Waals surface area contributed by atoms with Crippen LogP contribution in [0.25, 0.3) is 11.0 Å². The van der Waals surface area contributed by atoms with Gasteiger partial charge in [0.1, 0.15) is 11.6 Å². The van der Waals surface area contributed by atoms with Gasteiger partial charge >= 0.3 is 0 Å². The molecule has 0 aliphatic carbocycles. The minimum Gasteiger partial charge on any atom is -0.378 e. The van der Waals surface area contributed by atoms with E-state index in [0.717, 1.165) is 35.4 Å². The Balaban J connectivity index is 1.58. The first-order valence-corrected chi connectivity index (χ1v) is 11.1. The Kier molecular flexibility index (Phi) is 6.50. The molecule has 4 rings (SSSR count). The molecule has 0 radical (unpaired) electrons. The van der Waals surface area contributed by atoms with Crippen LogP contribution in [0.1, 0.15) is 41.5 Å². The third kappa shape index (κ3) is 4.64. The fourth-order valence-corrected chi connectivity index (χ4v) is 3.70. The van der Waals surface area contributed by atoms with Gasteiger partial charge in [-0.25, -0.2) is 9.97 Å².